The summed E-state index contributed by atoms with van der Waals surface area (Å²) in [6.45, 7) is 1.23. The number of methoxy groups -OCH3 is 1. The molecule has 3 nitrogen and oxygen atoms in total. The van der Waals surface area contributed by atoms with Crippen LogP contribution in [0.15, 0.2) is 54.6 Å². The lowest BCUT2D eigenvalue weighted by Gasteiger charge is -2.04. The molecular weight excluding hydrogens is 252 g/mol. The Morgan fingerprint density at radius 1 is 1.00 bits per heavy atom. The summed E-state index contributed by atoms with van der Waals surface area (Å²) in [4.78, 5) is 0. The summed E-state index contributed by atoms with van der Waals surface area (Å²) < 4.78 is 16.5. The summed E-state index contributed by atoms with van der Waals surface area (Å²) in [5.41, 5.74) is 2.37. The standard InChI is InChI=1S/C17H18O3/c1-18-15-9-7-13(8-10-15)11-19-12-16-17(20-16)14-5-3-2-4-6-14/h2-10,16-17H,11-12H2,1H3. The molecule has 104 valence electrons. The van der Waals surface area contributed by atoms with E-state index in [1.807, 2.05) is 42.5 Å². The molecule has 2 aromatic rings. The molecule has 1 fully saturated rings. The Morgan fingerprint density at radius 3 is 2.45 bits per heavy atom. The van der Waals surface area contributed by atoms with Crippen molar-refractivity contribution in [2.24, 2.45) is 0 Å². The fourth-order valence-electron chi connectivity index (χ4n) is 2.22. The number of ether oxygens (including phenoxy) is 3. The number of hydrogen-bond acceptors (Lipinski definition) is 3. The highest BCUT2D eigenvalue weighted by Crippen LogP contribution is 2.38. The molecule has 1 heterocycles. The first kappa shape index (κ1) is 13.2. The summed E-state index contributed by atoms with van der Waals surface area (Å²) in [5.74, 6) is 0.864. The van der Waals surface area contributed by atoms with Crippen LogP contribution in [0.25, 0.3) is 0 Å². The van der Waals surface area contributed by atoms with Gasteiger partial charge in [0.2, 0.25) is 0 Å². The van der Waals surface area contributed by atoms with E-state index < -0.39 is 0 Å². The smallest absolute Gasteiger partial charge is 0.118 e. The maximum atomic E-state index is 5.70. The van der Waals surface area contributed by atoms with E-state index in [0.29, 0.717) is 13.2 Å². The van der Waals surface area contributed by atoms with Crippen molar-refractivity contribution in [3.63, 3.8) is 0 Å². The van der Waals surface area contributed by atoms with Crippen molar-refractivity contribution in [2.45, 2.75) is 18.8 Å². The van der Waals surface area contributed by atoms with Crippen LogP contribution in [0.1, 0.15) is 17.2 Å². The summed E-state index contributed by atoms with van der Waals surface area (Å²) >= 11 is 0. The Kier molecular flexibility index (Phi) is 4.00. The van der Waals surface area contributed by atoms with Crippen molar-refractivity contribution in [3.05, 3.63) is 65.7 Å². The van der Waals surface area contributed by atoms with Gasteiger partial charge < -0.3 is 14.2 Å². The van der Waals surface area contributed by atoms with Crippen molar-refractivity contribution in [3.8, 4) is 5.75 Å². The molecule has 0 amide bonds. The lowest BCUT2D eigenvalue weighted by molar-refractivity contribution is 0.104. The van der Waals surface area contributed by atoms with Gasteiger partial charge in [0.15, 0.2) is 0 Å². The van der Waals surface area contributed by atoms with Crippen LogP contribution < -0.4 is 4.74 Å². The van der Waals surface area contributed by atoms with Gasteiger partial charge in [0.1, 0.15) is 18.0 Å². The lowest BCUT2D eigenvalue weighted by Crippen LogP contribution is -2.02. The van der Waals surface area contributed by atoms with Gasteiger partial charge in [-0.3, -0.25) is 0 Å². The highest BCUT2D eigenvalue weighted by Gasteiger charge is 2.39. The van der Waals surface area contributed by atoms with Gasteiger partial charge >= 0.3 is 0 Å². The third-order valence-corrected chi connectivity index (χ3v) is 3.42. The molecule has 3 rings (SSSR count). The first-order valence-electron chi connectivity index (χ1n) is 6.78. The molecule has 0 spiro atoms. The zero-order valence-corrected chi connectivity index (χ0v) is 11.5. The van der Waals surface area contributed by atoms with Crippen LogP contribution in [0, 0.1) is 0 Å². The van der Waals surface area contributed by atoms with Crippen LogP contribution in [0.3, 0.4) is 0 Å². The van der Waals surface area contributed by atoms with Gasteiger partial charge in [0.05, 0.1) is 20.3 Å². The third kappa shape index (κ3) is 3.18. The average molecular weight is 270 g/mol. The van der Waals surface area contributed by atoms with Crippen LogP contribution in [0.4, 0.5) is 0 Å². The SMILES string of the molecule is COc1ccc(COCC2OC2c2ccccc2)cc1. The zero-order valence-electron chi connectivity index (χ0n) is 11.5. The number of epoxide rings is 1. The zero-order chi connectivity index (χ0) is 13.8. The largest absolute Gasteiger partial charge is 0.497 e. The third-order valence-electron chi connectivity index (χ3n) is 3.42. The van der Waals surface area contributed by atoms with Crippen LogP contribution in [-0.4, -0.2) is 19.8 Å². The van der Waals surface area contributed by atoms with Crippen LogP contribution in [0.2, 0.25) is 0 Å². The minimum Gasteiger partial charge on any atom is -0.497 e. The second kappa shape index (κ2) is 6.07. The van der Waals surface area contributed by atoms with Gasteiger partial charge in [-0.05, 0) is 23.3 Å². The van der Waals surface area contributed by atoms with E-state index in [9.17, 15) is 0 Å². The molecule has 0 aromatic heterocycles. The summed E-state index contributed by atoms with van der Waals surface area (Å²) in [5, 5.41) is 0. The molecule has 1 aliphatic heterocycles. The van der Waals surface area contributed by atoms with E-state index in [0.717, 1.165) is 11.3 Å². The highest BCUT2D eigenvalue weighted by atomic mass is 16.6. The predicted octanol–water partition coefficient (Wildman–Crippen LogP) is 3.35. The molecule has 1 aliphatic rings. The fourth-order valence-corrected chi connectivity index (χ4v) is 2.22. The monoisotopic (exact) mass is 270 g/mol. The molecule has 0 saturated carbocycles. The van der Waals surface area contributed by atoms with Crippen LogP contribution in [-0.2, 0) is 16.1 Å². The molecule has 1 saturated heterocycles. The van der Waals surface area contributed by atoms with E-state index in [4.69, 9.17) is 14.2 Å². The summed E-state index contributed by atoms with van der Waals surface area (Å²) in [6, 6.07) is 18.2. The van der Waals surface area contributed by atoms with E-state index >= 15 is 0 Å². The first-order chi connectivity index (χ1) is 9.86. The minimum absolute atomic E-state index is 0.190. The van der Waals surface area contributed by atoms with Crippen molar-refractivity contribution in [1.82, 2.24) is 0 Å². The number of hydrogen-bond donors (Lipinski definition) is 0. The van der Waals surface area contributed by atoms with Crippen molar-refractivity contribution >= 4 is 0 Å². The van der Waals surface area contributed by atoms with E-state index in [1.54, 1.807) is 7.11 Å². The number of benzene rings is 2. The second-order valence-electron chi connectivity index (χ2n) is 4.87. The van der Waals surface area contributed by atoms with E-state index in [1.165, 1.54) is 5.56 Å². The molecule has 20 heavy (non-hydrogen) atoms. The van der Waals surface area contributed by atoms with Gasteiger partial charge in [-0.2, -0.15) is 0 Å². The Balaban J connectivity index is 1.43. The quantitative estimate of drug-likeness (QED) is 0.754. The van der Waals surface area contributed by atoms with Gasteiger partial charge in [-0.25, -0.2) is 0 Å². The van der Waals surface area contributed by atoms with Crippen LogP contribution >= 0.6 is 0 Å². The van der Waals surface area contributed by atoms with Crippen molar-refractivity contribution < 1.29 is 14.2 Å². The second-order valence-corrected chi connectivity index (χ2v) is 4.87. The normalized spacial score (nSPS) is 20.6. The molecule has 0 aliphatic carbocycles. The molecule has 2 aromatic carbocycles. The topological polar surface area (TPSA) is 31.0 Å². The number of rotatable bonds is 6. The highest BCUT2D eigenvalue weighted by molar-refractivity contribution is 5.26. The lowest BCUT2D eigenvalue weighted by atomic mass is 10.1. The van der Waals surface area contributed by atoms with Gasteiger partial charge in [0, 0.05) is 0 Å². The molecule has 2 atom stereocenters. The van der Waals surface area contributed by atoms with Crippen molar-refractivity contribution in [2.75, 3.05) is 13.7 Å². The maximum Gasteiger partial charge on any atom is 0.118 e. The maximum absolute atomic E-state index is 5.70. The van der Waals surface area contributed by atoms with Gasteiger partial charge in [-0.15, -0.1) is 0 Å². The molecular formula is C17H18O3. The molecule has 2 unspecified atom stereocenters. The van der Waals surface area contributed by atoms with Gasteiger partial charge in [0.25, 0.3) is 0 Å². The Morgan fingerprint density at radius 2 is 1.75 bits per heavy atom. The van der Waals surface area contributed by atoms with Crippen LogP contribution in [0.5, 0.6) is 5.75 Å². The molecule has 3 heteroatoms. The summed E-state index contributed by atoms with van der Waals surface area (Å²) in [6.07, 6.45) is 0.391. The van der Waals surface area contributed by atoms with Gasteiger partial charge in [-0.1, -0.05) is 42.5 Å². The minimum atomic E-state index is 0.190. The average Bonchev–Trinajstić information content (AvgIpc) is 3.28. The fraction of sp³-hybridized carbons (Fsp3) is 0.294. The van der Waals surface area contributed by atoms with E-state index in [-0.39, 0.29) is 12.2 Å². The van der Waals surface area contributed by atoms with E-state index in [2.05, 4.69) is 12.1 Å². The first-order valence-corrected chi connectivity index (χ1v) is 6.78. The predicted molar refractivity (Wildman–Crippen MR) is 76.7 cm³/mol. The summed E-state index contributed by atoms with van der Waals surface area (Å²) in [7, 11) is 1.67. The Bertz CT molecular complexity index is 536. The van der Waals surface area contributed by atoms with Crippen molar-refractivity contribution in [1.29, 1.82) is 0 Å². The molecule has 0 radical (unpaired) electrons. The Hall–Kier alpha value is -1.84. The Labute approximate surface area is 119 Å². The molecule has 0 bridgehead atoms. The molecule has 0 N–H and O–H groups in total.